The first-order valence-corrected chi connectivity index (χ1v) is 6.53. The predicted octanol–water partition coefficient (Wildman–Crippen LogP) is 1.57. The maximum Gasteiger partial charge on any atom is 0.241 e. The average Bonchev–Trinajstić information content (AvgIpc) is 2.84. The summed E-state index contributed by atoms with van der Waals surface area (Å²) in [7, 11) is 0. The van der Waals surface area contributed by atoms with Crippen LogP contribution in [0.1, 0.15) is 25.3 Å². The molecule has 0 saturated carbocycles. The number of likely N-dealkylation sites (tertiary alicyclic amines) is 1. The van der Waals surface area contributed by atoms with Crippen molar-refractivity contribution in [2.24, 2.45) is 5.73 Å². The zero-order chi connectivity index (χ0) is 13.0. The molecule has 2 rings (SSSR count). The highest BCUT2D eigenvalue weighted by Crippen LogP contribution is 2.19. The molecule has 0 aromatic heterocycles. The normalized spacial score (nSPS) is 17.7. The van der Waals surface area contributed by atoms with Crippen LogP contribution in [0.4, 0.5) is 5.69 Å². The molecule has 0 unspecified atom stereocenters. The molecule has 98 valence electrons. The van der Waals surface area contributed by atoms with Gasteiger partial charge in [0.1, 0.15) is 0 Å². The number of nitrogens with zero attached hydrogens (tertiary/aromatic N) is 1. The predicted molar refractivity (Wildman–Crippen MR) is 73.2 cm³/mol. The molecule has 1 fully saturated rings. The van der Waals surface area contributed by atoms with Crippen molar-refractivity contribution in [2.45, 2.75) is 32.4 Å². The number of hydrogen-bond donors (Lipinski definition) is 2. The number of anilines is 1. The molecule has 1 saturated heterocycles. The van der Waals surface area contributed by atoms with Crippen LogP contribution < -0.4 is 11.1 Å². The molecule has 18 heavy (non-hydrogen) atoms. The minimum atomic E-state index is -0.482. The molecule has 1 heterocycles. The fourth-order valence-corrected chi connectivity index (χ4v) is 2.21. The van der Waals surface area contributed by atoms with Gasteiger partial charge >= 0.3 is 0 Å². The number of carbonyl (C=O) groups is 1. The van der Waals surface area contributed by atoms with Gasteiger partial charge < -0.3 is 11.1 Å². The Morgan fingerprint density at radius 3 is 2.72 bits per heavy atom. The van der Waals surface area contributed by atoms with Gasteiger partial charge in [-0.05, 0) is 44.5 Å². The summed E-state index contributed by atoms with van der Waals surface area (Å²) in [6.07, 6.45) is 2.54. The van der Waals surface area contributed by atoms with E-state index in [9.17, 15) is 4.79 Å². The maximum absolute atomic E-state index is 11.7. The number of carbonyl (C=O) groups excluding carboxylic acids is 1. The molecule has 1 aromatic rings. The zero-order valence-corrected chi connectivity index (χ0v) is 10.9. The first kappa shape index (κ1) is 13.1. The molecule has 3 N–H and O–H groups in total. The van der Waals surface area contributed by atoms with E-state index in [-0.39, 0.29) is 5.91 Å². The Morgan fingerprint density at radius 2 is 2.06 bits per heavy atom. The van der Waals surface area contributed by atoms with E-state index < -0.39 is 6.04 Å². The SMILES string of the molecule is C[C@H](N)C(=O)Nc1ccccc1CN1CCCC1. The van der Waals surface area contributed by atoms with Gasteiger partial charge in [-0.1, -0.05) is 18.2 Å². The minimum absolute atomic E-state index is 0.135. The topological polar surface area (TPSA) is 58.4 Å². The summed E-state index contributed by atoms with van der Waals surface area (Å²) < 4.78 is 0. The molecule has 0 bridgehead atoms. The van der Waals surface area contributed by atoms with Gasteiger partial charge in [0.2, 0.25) is 5.91 Å². The van der Waals surface area contributed by atoms with Crippen LogP contribution >= 0.6 is 0 Å². The number of benzene rings is 1. The first-order valence-electron chi connectivity index (χ1n) is 6.53. The lowest BCUT2D eigenvalue weighted by Crippen LogP contribution is -2.33. The van der Waals surface area contributed by atoms with E-state index >= 15 is 0 Å². The molecule has 1 aliphatic rings. The molecule has 0 radical (unpaired) electrons. The van der Waals surface area contributed by atoms with E-state index in [0.717, 1.165) is 30.9 Å². The molecule has 1 aliphatic heterocycles. The Balaban J connectivity index is 2.07. The van der Waals surface area contributed by atoms with Crippen molar-refractivity contribution in [2.75, 3.05) is 18.4 Å². The van der Waals surface area contributed by atoms with Gasteiger partial charge in [-0.15, -0.1) is 0 Å². The van der Waals surface area contributed by atoms with Crippen molar-refractivity contribution in [3.8, 4) is 0 Å². The van der Waals surface area contributed by atoms with Gasteiger partial charge in [0, 0.05) is 12.2 Å². The van der Waals surface area contributed by atoms with E-state index in [1.54, 1.807) is 6.92 Å². The van der Waals surface area contributed by atoms with Crippen molar-refractivity contribution in [3.05, 3.63) is 29.8 Å². The van der Waals surface area contributed by atoms with E-state index in [1.807, 2.05) is 18.2 Å². The highest BCUT2D eigenvalue weighted by molar-refractivity contribution is 5.95. The Bertz CT molecular complexity index is 411. The molecular formula is C14H21N3O. The van der Waals surface area contributed by atoms with Crippen molar-refractivity contribution >= 4 is 11.6 Å². The summed E-state index contributed by atoms with van der Waals surface area (Å²) in [5.74, 6) is -0.135. The Kier molecular flexibility index (Phi) is 4.33. The maximum atomic E-state index is 11.7. The third-order valence-corrected chi connectivity index (χ3v) is 3.28. The van der Waals surface area contributed by atoms with Crippen molar-refractivity contribution in [1.29, 1.82) is 0 Å². The lowest BCUT2D eigenvalue weighted by molar-refractivity contribution is -0.117. The molecule has 1 aromatic carbocycles. The number of para-hydroxylation sites is 1. The molecular weight excluding hydrogens is 226 g/mol. The molecule has 1 amide bonds. The third kappa shape index (κ3) is 3.31. The molecule has 0 aliphatic carbocycles. The summed E-state index contributed by atoms with van der Waals surface area (Å²) >= 11 is 0. The van der Waals surface area contributed by atoms with Crippen LogP contribution in [0.5, 0.6) is 0 Å². The average molecular weight is 247 g/mol. The minimum Gasteiger partial charge on any atom is -0.324 e. The smallest absolute Gasteiger partial charge is 0.241 e. The highest BCUT2D eigenvalue weighted by Gasteiger charge is 2.15. The monoisotopic (exact) mass is 247 g/mol. The summed E-state index contributed by atoms with van der Waals surface area (Å²) in [5.41, 5.74) is 7.62. The van der Waals surface area contributed by atoms with E-state index in [1.165, 1.54) is 12.8 Å². The second-order valence-electron chi connectivity index (χ2n) is 4.92. The highest BCUT2D eigenvalue weighted by atomic mass is 16.2. The van der Waals surface area contributed by atoms with Crippen LogP contribution in [0, 0.1) is 0 Å². The number of rotatable bonds is 4. The quantitative estimate of drug-likeness (QED) is 0.849. The van der Waals surface area contributed by atoms with Crippen molar-refractivity contribution < 1.29 is 4.79 Å². The molecule has 0 spiro atoms. The van der Waals surface area contributed by atoms with Crippen LogP contribution in [0.15, 0.2) is 24.3 Å². The van der Waals surface area contributed by atoms with Gasteiger partial charge in [-0.3, -0.25) is 9.69 Å². The first-order chi connectivity index (χ1) is 8.66. The van der Waals surface area contributed by atoms with Crippen molar-refractivity contribution in [1.82, 2.24) is 4.90 Å². The van der Waals surface area contributed by atoms with Gasteiger partial charge in [0.05, 0.1) is 6.04 Å². The van der Waals surface area contributed by atoms with Gasteiger partial charge in [-0.2, -0.15) is 0 Å². The van der Waals surface area contributed by atoms with Crippen LogP contribution in [0.25, 0.3) is 0 Å². The summed E-state index contributed by atoms with van der Waals surface area (Å²) in [6.45, 7) is 4.89. The Morgan fingerprint density at radius 1 is 1.39 bits per heavy atom. The molecule has 4 nitrogen and oxygen atoms in total. The fraction of sp³-hybridized carbons (Fsp3) is 0.500. The van der Waals surface area contributed by atoms with Crippen molar-refractivity contribution in [3.63, 3.8) is 0 Å². The van der Waals surface area contributed by atoms with E-state index in [0.29, 0.717) is 0 Å². The summed E-state index contributed by atoms with van der Waals surface area (Å²) in [4.78, 5) is 14.1. The summed E-state index contributed by atoms with van der Waals surface area (Å²) in [5, 5.41) is 2.89. The van der Waals surface area contributed by atoms with Crippen LogP contribution in [0.3, 0.4) is 0 Å². The van der Waals surface area contributed by atoms with Gasteiger partial charge in [-0.25, -0.2) is 0 Å². The lowest BCUT2D eigenvalue weighted by atomic mass is 10.1. The third-order valence-electron chi connectivity index (χ3n) is 3.28. The number of nitrogens with two attached hydrogens (primary N) is 1. The van der Waals surface area contributed by atoms with Crippen LogP contribution in [0.2, 0.25) is 0 Å². The lowest BCUT2D eigenvalue weighted by Gasteiger charge is -2.18. The van der Waals surface area contributed by atoms with Crippen LogP contribution in [-0.4, -0.2) is 29.9 Å². The van der Waals surface area contributed by atoms with E-state index in [2.05, 4.69) is 16.3 Å². The number of amides is 1. The second-order valence-corrected chi connectivity index (χ2v) is 4.92. The Labute approximate surface area is 108 Å². The number of hydrogen-bond acceptors (Lipinski definition) is 3. The largest absolute Gasteiger partial charge is 0.324 e. The standard InChI is InChI=1S/C14H21N3O/c1-11(15)14(18)16-13-7-3-2-6-12(13)10-17-8-4-5-9-17/h2-3,6-7,11H,4-5,8-10,15H2,1H3,(H,16,18)/t11-/m0/s1. The Hall–Kier alpha value is -1.39. The van der Waals surface area contributed by atoms with Gasteiger partial charge in [0.25, 0.3) is 0 Å². The van der Waals surface area contributed by atoms with E-state index in [4.69, 9.17) is 5.73 Å². The second kappa shape index (κ2) is 5.98. The van der Waals surface area contributed by atoms with Gasteiger partial charge in [0.15, 0.2) is 0 Å². The molecule has 4 heteroatoms. The number of nitrogens with one attached hydrogen (secondary N) is 1. The zero-order valence-electron chi connectivity index (χ0n) is 10.9. The molecule has 1 atom stereocenters. The fourth-order valence-electron chi connectivity index (χ4n) is 2.21. The summed E-state index contributed by atoms with van der Waals surface area (Å²) in [6, 6.07) is 7.46. The van der Waals surface area contributed by atoms with Crippen LogP contribution in [-0.2, 0) is 11.3 Å².